The fraction of sp³-hybridized carbons (Fsp3) is 0.714. The molecule has 11 heavy (non-hydrogen) atoms. The highest BCUT2D eigenvalue weighted by Crippen LogP contribution is 1.91. The third-order valence-corrected chi connectivity index (χ3v) is 1.22. The van der Waals surface area contributed by atoms with Crippen molar-refractivity contribution in [1.82, 2.24) is 5.32 Å². The van der Waals surface area contributed by atoms with E-state index in [-0.39, 0.29) is 18.6 Å². The van der Waals surface area contributed by atoms with Crippen molar-refractivity contribution < 1.29 is 9.53 Å². The number of ether oxygens (including phenoxy) is 1. The Labute approximate surface area is 66.1 Å². The number of hydrogen-bond acceptors (Lipinski definition) is 3. The van der Waals surface area contributed by atoms with Crippen molar-refractivity contribution in [2.24, 2.45) is 0 Å². The molecule has 0 aromatic carbocycles. The van der Waals surface area contributed by atoms with Crippen LogP contribution in [0.5, 0.6) is 0 Å². The van der Waals surface area contributed by atoms with Crippen LogP contribution in [0.2, 0.25) is 0 Å². The number of carbonyl (C=O) groups excluding carboxylic acids is 1. The van der Waals surface area contributed by atoms with E-state index in [1.165, 1.54) is 7.11 Å². The molecule has 4 heteroatoms. The zero-order valence-corrected chi connectivity index (χ0v) is 6.76. The third kappa shape index (κ3) is 4.34. The summed E-state index contributed by atoms with van der Waals surface area (Å²) in [5.74, 6) is -0.291. The van der Waals surface area contributed by atoms with Gasteiger partial charge in [-0.25, -0.2) is 0 Å². The van der Waals surface area contributed by atoms with Crippen LogP contribution in [0.3, 0.4) is 0 Å². The van der Waals surface area contributed by atoms with Gasteiger partial charge in [0.15, 0.2) is 0 Å². The van der Waals surface area contributed by atoms with E-state index in [1.807, 2.05) is 6.92 Å². The minimum absolute atomic E-state index is 0.111. The fourth-order valence-corrected chi connectivity index (χ4v) is 0.630. The fourth-order valence-electron chi connectivity index (χ4n) is 0.630. The zero-order valence-electron chi connectivity index (χ0n) is 6.76. The maximum Gasteiger partial charge on any atom is 0.236 e. The Morgan fingerprint density at radius 3 is 2.82 bits per heavy atom. The molecule has 0 aromatic heterocycles. The molecule has 0 bridgehead atoms. The smallest absolute Gasteiger partial charge is 0.236 e. The van der Waals surface area contributed by atoms with Crippen LogP contribution in [-0.4, -0.2) is 19.2 Å². The Hall–Kier alpha value is -1.08. The molecule has 4 nitrogen and oxygen atoms in total. The molecule has 0 aromatic rings. The molecule has 0 heterocycles. The molecule has 0 saturated carbocycles. The Morgan fingerprint density at radius 1 is 1.82 bits per heavy atom. The highest BCUT2D eigenvalue weighted by molar-refractivity contribution is 5.78. The Bertz CT molecular complexity index is 158. The first-order valence-corrected chi connectivity index (χ1v) is 3.43. The van der Waals surface area contributed by atoms with Crippen molar-refractivity contribution in [2.45, 2.75) is 26.0 Å². The maximum absolute atomic E-state index is 10.8. The van der Waals surface area contributed by atoms with Crippen LogP contribution in [0.4, 0.5) is 0 Å². The lowest BCUT2D eigenvalue weighted by molar-refractivity contribution is -0.123. The van der Waals surface area contributed by atoms with Gasteiger partial charge in [-0.1, -0.05) is 6.92 Å². The molecule has 62 valence electrons. The highest BCUT2D eigenvalue weighted by atomic mass is 16.5. The summed E-state index contributed by atoms with van der Waals surface area (Å²) in [6.45, 7) is 1.89. The Morgan fingerprint density at radius 2 is 2.45 bits per heavy atom. The largest absolute Gasteiger partial charge is 0.362 e. The second-order valence-corrected chi connectivity index (χ2v) is 2.03. The number of rotatable bonds is 4. The monoisotopic (exact) mass is 156 g/mol. The van der Waals surface area contributed by atoms with Crippen molar-refractivity contribution in [3.8, 4) is 6.07 Å². The van der Waals surface area contributed by atoms with E-state index in [4.69, 9.17) is 10.00 Å². The molecule has 0 aliphatic carbocycles. The van der Waals surface area contributed by atoms with Crippen LogP contribution in [0.1, 0.15) is 19.8 Å². The second-order valence-electron chi connectivity index (χ2n) is 2.03. The molecule has 1 N–H and O–H groups in total. The molecular weight excluding hydrogens is 144 g/mol. The molecule has 1 atom stereocenters. The van der Waals surface area contributed by atoms with Gasteiger partial charge in [-0.2, -0.15) is 5.26 Å². The Kier molecular flexibility index (Phi) is 5.13. The topological polar surface area (TPSA) is 62.1 Å². The van der Waals surface area contributed by atoms with Crippen molar-refractivity contribution in [3.05, 3.63) is 0 Å². The van der Waals surface area contributed by atoms with Gasteiger partial charge in [-0.05, 0) is 6.42 Å². The predicted octanol–water partition coefficient (Wildman–Crippen LogP) is 0.399. The van der Waals surface area contributed by atoms with Gasteiger partial charge in [-0.3, -0.25) is 4.79 Å². The summed E-state index contributed by atoms with van der Waals surface area (Å²) < 4.78 is 4.88. The van der Waals surface area contributed by atoms with Crippen molar-refractivity contribution in [1.29, 1.82) is 5.26 Å². The van der Waals surface area contributed by atoms with E-state index in [0.717, 1.165) is 0 Å². The molecule has 0 fully saturated rings. The lowest BCUT2D eigenvalue weighted by atomic mass is 10.4. The van der Waals surface area contributed by atoms with Gasteiger partial charge < -0.3 is 10.1 Å². The van der Waals surface area contributed by atoms with Gasteiger partial charge in [0.1, 0.15) is 12.6 Å². The van der Waals surface area contributed by atoms with Crippen molar-refractivity contribution in [2.75, 3.05) is 7.11 Å². The van der Waals surface area contributed by atoms with E-state index in [1.54, 1.807) is 6.07 Å². The van der Waals surface area contributed by atoms with E-state index >= 15 is 0 Å². The molecule has 0 aliphatic rings. The lowest BCUT2D eigenvalue weighted by Crippen LogP contribution is -2.35. The molecule has 0 radical (unpaired) electrons. The van der Waals surface area contributed by atoms with Crippen molar-refractivity contribution >= 4 is 5.91 Å². The normalized spacial score (nSPS) is 11.7. The molecule has 0 spiro atoms. The van der Waals surface area contributed by atoms with Crippen molar-refractivity contribution in [3.63, 3.8) is 0 Å². The standard InChI is InChI=1S/C7H12N2O2/c1-3-7(11-2)9-6(10)4-5-8/h7H,3-4H2,1-2H3,(H,9,10). The lowest BCUT2D eigenvalue weighted by Gasteiger charge is -2.13. The third-order valence-electron chi connectivity index (χ3n) is 1.22. The predicted molar refractivity (Wildman–Crippen MR) is 39.5 cm³/mol. The number of hydrogen-bond donors (Lipinski definition) is 1. The van der Waals surface area contributed by atoms with Crippen LogP contribution in [0.15, 0.2) is 0 Å². The minimum atomic E-state index is -0.291. The van der Waals surface area contributed by atoms with E-state index in [2.05, 4.69) is 5.32 Å². The summed E-state index contributed by atoms with van der Waals surface area (Å²) in [5.41, 5.74) is 0. The number of nitrogens with one attached hydrogen (secondary N) is 1. The van der Waals surface area contributed by atoms with Gasteiger partial charge in [0.25, 0.3) is 0 Å². The maximum atomic E-state index is 10.8. The van der Waals surface area contributed by atoms with Gasteiger partial charge in [0, 0.05) is 7.11 Å². The van der Waals surface area contributed by atoms with Crippen LogP contribution in [0.25, 0.3) is 0 Å². The molecule has 1 amide bonds. The number of amides is 1. The van der Waals surface area contributed by atoms with Gasteiger partial charge in [0.2, 0.25) is 5.91 Å². The van der Waals surface area contributed by atoms with E-state index in [0.29, 0.717) is 6.42 Å². The van der Waals surface area contributed by atoms with E-state index < -0.39 is 0 Å². The number of methoxy groups -OCH3 is 1. The summed E-state index contributed by atoms with van der Waals surface area (Å²) in [6, 6.07) is 1.75. The molecular formula is C7H12N2O2. The first kappa shape index (κ1) is 9.92. The van der Waals surface area contributed by atoms with Gasteiger partial charge in [-0.15, -0.1) is 0 Å². The zero-order chi connectivity index (χ0) is 8.69. The van der Waals surface area contributed by atoms with Crippen LogP contribution in [-0.2, 0) is 9.53 Å². The first-order valence-electron chi connectivity index (χ1n) is 3.43. The quantitative estimate of drug-likeness (QED) is 0.599. The van der Waals surface area contributed by atoms with Gasteiger partial charge >= 0.3 is 0 Å². The number of nitrogens with zero attached hydrogens (tertiary/aromatic N) is 1. The van der Waals surface area contributed by atoms with Gasteiger partial charge in [0.05, 0.1) is 6.07 Å². The SMILES string of the molecule is CCC(NC(=O)CC#N)OC. The minimum Gasteiger partial charge on any atom is -0.362 e. The Balaban J connectivity index is 3.64. The van der Waals surface area contributed by atoms with Crippen LogP contribution in [0, 0.1) is 11.3 Å². The van der Waals surface area contributed by atoms with Crippen LogP contribution < -0.4 is 5.32 Å². The van der Waals surface area contributed by atoms with Crippen LogP contribution >= 0.6 is 0 Å². The van der Waals surface area contributed by atoms with E-state index in [9.17, 15) is 4.79 Å². The molecule has 0 saturated heterocycles. The summed E-state index contributed by atoms with van der Waals surface area (Å²) in [4.78, 5) is 10.8. The average molecular weight is 156 g/mol. The highest BCUT2D eigenvalue weighted by Gasteiger charge is 2.06. The number of carbonyl (C=O) groups is 1. The molecule has 0 rings (SSSR count). The first-order chi connectivity index (χ1) is 5.24. The molecule has 0 aliphatic heterocycles. The average Bonchev–Trinajstić information content (AvgIpc) is 2.01. The molecule has 1 unspecified atom stereocenters. The number of nitriles is 1. The summed E-state index contributed by atoms with van der Waals surface area (Å²) in [6.07, 6.45) is 0.323. The summed E-state index contributed by atoms with van der Waals surface area (Å²) in [5, 5.41) is 10.7. The second kappa shape index (κ2) is 5.69. The summed E-state index contributed by atoms with van der Waals surface area (Å²) >= 11 is 0. The summed E-state index contributed by atoms with van der Waals surface area (Å²) in [7, 11) is 1.51.